The van der Waals surface area contributed by atoms with Gasteiger partial charge in [0.15, 0.2) is 0 Å². The van der Waals surface area contributed by atoms with E-state index in [-0.39, 0.29) is 25.2 Å². The van der Waals surface area contributed by atoms with Crippen LogP contribution >= 0.6 is 7.60 Å². The van der Waals surface area contributed by atoms with Gasteiger partial charge in [0.2, 0.25) is 0 Å². The van der Waals surface area contributed by atoms with Gasteiger partial charge in [0.1, 0.15) is 6.29 Å². The van der Waals surface area contributed by atoms with Gasteiger partial charge in [-0.15, -0.1) is 0 Å². The standard InChI is InChI=1S/C12H16N3O5P/c1-3-19-21(18,20-4-2)9-14-8-13-11-6-5-10(15(16)17)7-12(11)14/h5-8H,3-4,9H2,1-2H3. The van der Waals surface area contributed by atoms with Crippen molar-refractivity contribution in [1.29, 1.82) is 0 Å². The molecule has 0 unspecified atom stereocenters. The summed E-state index contributed by atoms with van der Waals surface area (Å²) in [4.78, 5) is 14.5. The molecule has 0 atom stereocenters. The van der Waals surface area contributed by atoms with Crippen LogP contribution in [-0.2, 0) is 19.9 Å². The summed E-state index contributed by atoms with van der Waals surface area (Å²) in [5.41, 5.74) is 1.05. The SMILES string of the molecule is CCOP(=O)(Cn1cnc2ccc([N+](=O)[O-])cc21)OCC. The van der Waals surface area contributed by atoms with Crippen LogP contribution in [-0.4, -0.2) is 27.7 Å². The molecule has 1 aromatic heterocycles. The second-order valence-electron chi connectivity index (χ2n) is 4.23. The number of hydrogen-bond donors (Lipinski definition) is 0. The van der Waals surface area contributed by atoms with Crippen LogP contribution in [0.25, 0.3) is 11.0 Å². The highest BCUT2D eigenvalue weighted by Gasteiger charge is 2.25. The van der Waals surface area contributed by atoms with E-state index < -0.39 is 12.5 Å². The van der Waals surface area contributed by atoms with Crippen LogP contribution in [0.1, 0.15) is 13.8 Å². The second-order valence-corrected chi connectivity index (χ2v) is 6.25. The smallest absolute Gasteiger partial charge is 0.318 e. The molecule has 0 bridgehead atoms. The number of nitrogens with zero attached hydrogens (tertiary/aromatic N) is 3. The summed E-state index contributed by atoms with van der Waals surface area (Å²) in [6, 6.07) is 4.32. The number of fused-ring (bicyclic) bond motifs is 1. The van der Waals surface area contributed by atoms with Gasteiger partial charge in [-0.2, -0.15) is 0 Å². The third-order valence-corrected chi connectivity index (χ3v) is 4.75. The molecule has 8 nitrogen and oxygen atoms in total. The lowest BCUT2D eigenvalue weighted by Crippen LogP contribution is -2.04. The van der Waals surface area contributed by atoms with E-state index >= 15 is 0 Å². The summed E-state index contributed by atoms with van der Waals surface area (Å²) in [5, 5.41) is 10.8. The van der Waals surface area contributed by atoms with Gasteiger partial charge in [-0.1, -0.05) is 0 Å². The van der Waals surface area contributed by atoms with E-state index in [2.05, 4.69) is 4.98 Å². The van der Waals surface area contributed by atoms with Crippen LogP contribution in [0.15, 0.2) is 24.5 Å². The first-order chi connectivity index (χ1) is 9.99. The highest BCUT2D eigenvalue weighted by atomic mass is 31.2. The molecule has 0 aliphatic heterocycles. The van der Waals surface area contributed by atoms with Gasteiger partial charge >= 0.3 is 7.60 Å². The van der Waals surface area contributed by atoms with Crippen LogP contribution in [0, 0.1) is 10.1 Å². The van der Waals surface area contributed by atoms with Crippen LogP contribution in [0.2, 0.25) is 0 Å². The minimum absolute atomic E-state index is 0.0354. The molecule has 0 aliphatic rings. The predicted octanol–water partition coefficient (Wildman–Crippen LogP) is 3.17. The Morgan fingerprint density at radius 3 is 2.57 bits per heavy atom. The lowest BCUT2D eigenvalue weighted by molar-refractivity contribution is -0.384. The second kappa shape index (κ2) is 6.34. The first kappa shape index (κ1) is 15.6. The molecule has 2 aromatic rings. The monoisotopic (exact) mass is 313 g/mol. The molecule has 0 saturated heterocycles. The third-order valence-electron chi connectivity index (χ3n) is 2.79. The first-order valence-corrected chi connectivity index (χ1v) is 8.19. The molecule has 1 heterocycles. The predicted molar refractivity (Wildman–Crippen MR) is 77.2 cm³/mol. The summed E-state index contributed by atoms with van der Waals surface area (Å²) < 4.78 is 24.5. The Balaban J connectivity index is 2.39. The summed E-state index contributed by atoms with van der Waals surface area (Å²) in [6.45, 7) is 3.96. The minimum Gasteiger partial charge on any atom is -0.318 e. The van der Waals surface area contributed by atoms with Crippen molar-refractivity contribution in [2.45, 2.75) is 20.1 Å². The molecule has 114 valence electrons. The molecule has 9 heteroatoms. The number of imidazole rings is 1. The Morgan fingerprint density at radius 1 is 1.33 bits per heavy atom. The molecule has 21 heavy (non-hydrogen) atoms. The number of non-ortho nitro benzene ring substituents is 1. The molecular weight excluding hydrogens is 297 g/mol. The van der Waals surface area contributed by atoms with E-state index in [4.69, 9.17) is 9.05 Å². The van der Waals surface area contributed by atoms with Crippen molar-refractivity contribution in [3.05, 3.63) is 34.6 Å². The highest BCUT2D eigenvalue weighted by Crippen LogP contribution is 2.50. The van der Waals surface area contributed by atoms with E-state index in [0.29, 0.717) is 11.0 Å². The first-order valence-electron chi connectivity index (χ1n) is 6.46. The van der Waals surface area contributed by atoms with Crippen molar-refractivity contribution in [2.75, 3.05) is 13.2 Å². The Bertz CT molecular complexity index is 689. The van der Waals surface area contributed by atoms with Crippen LogP contribution in [0.5, 0.6) is 0 Å². The molecule has 1 aromatic carbocycles. The zero-order chi connectivity index (χ0) is 15.5. The van der Waals surface area contributed by atoms with Crippen molar-refractivity contribution in [3.63, 3.8) is 0 Å². The van der Waals surface area contributed by atoms with Gasteiger partial charge in [0.05, 0.1) is 35.5 Å². The van der Waals surface area contributed by atoms with Gasteiger partial charge in [-0.3, -0.25) is 14.7 Å². The Hall–Kier alpha value is -1.76. The Labute approximate surface area is 121 Å². The summed E-state index contributed by atoms with van der Waals surface area (Å²) in [5.74, 6) is 0. The minimum atomic E-state index is -3.30. The quantitative estimate of drug-likeness (QED) is 0.442. The molecule has 0 aliphatic carbocycles. The highest BCUT2D eigenvalue weighted by molar-refractivity contribution is 7.52. The summed E-state index contributed by atoms with van der Waals surface area (Å²) in [7, 11) is -3.30. The summed E-state index contributed by atoms with van der Waals surface area (Å²) >= 11 is 0. The van der Waals surface area contributed by atoms with Gasteiger partial charge in [0.25, 0.3) is 5.69 Å². The number of hydrogen-bond acceptors (Lipinski definition) is 6. The molecule has 0 saturated carbocycles. The molecule has 0 spiro atoms. The largest absolute Gasteiger partial charge is 0.350 e. The van der Waals surface area contributed by atoms with Crippen molar-refractivity contribution in [3.8, 4) is 0 Å². The lowest BCUT2D eigenvalue weighted by atomic mass is 10.3. The van der Waals surface area contributed by atoms with Crippen molar-refractivity contribution >= 4 is 24.3 Å². The lowest BCUT2D eigenvalue weighted by Gasteiger charge is -2.17. The fourth-order valence-electron chi connectivity index (χ4n) is 1.97. The average Bonchev–Trinajstić information content (AvgIpc) is 2.81. The normalized spacial score (nSPS) is 11.9. The van der Waals surface area contributed by atoms with Crippen molar-refractivity contribution < 1.29 is 18.5 Å². The fourth-order valence-corrected chi connectivity index (χ4v) is 3.59. The zero-order valence-electron chi connectivity index (χ0n) is 11.8. The Morgan fingerprint density at radius 2 is 2.00 bits per heavy atom. The third kappa shape index (κ3) is 3.47. The van der Waals surface area contributed by atoms with Crippen molar-refractivity contribution in [1.82, 2.24) is 9.55 Å². The molecule has 2 rings (SSSR count). The Kier molecular flexibility index (Phi) is 4.72. The number of nitro benzene ring substituents is 1. The van der Waals surface area contributed by atoms with Crippen molar-refractivity contribution in [2.24, 2.45) is 0 Å². The topological polar surface area (TPSA) is 96.5 Å². The molecular formula is C12H16N3O5P. The van der Waals surface area contributed by atoms with E-state index in [0.717, 1.165) is 0 Å². The van der Waals surface area contributed by atoms with E-state index in [1.807, 2.05) is 0 Å². The maximum Gasteiger partial charge on any atom is 0.350 e. The average molecular weight is 313 g/mol. The zero-order valence-corrected chi connectivity index (χ0v) is 12.7. The fraction of sp³-hybridized carbons (Fsp3) is 0.417. The van der Waals surface area contributed by atoms with Crippen LogP contribution in [0.4, 0.5) is 5.69 Å². The molecule has 0 N–H and O–H groups in total. The maximum atomic E-state index is 12.5. The number of aromatic nitrogens is 2. The summed E-state index contributed by atoms with van der Waals surface area (Å²) in [6.07, 6.45) is 1.44. The number of rotatable bonds is 7. The molecule has 0 radical (unpaired) electrons. The molecule has 0 amide bonds. The van der Waals surface area contributed by atoms with E-state index in [1.165, 1.54) is 18.5 Å². The number of nitro groups is 1. The van der Waals surface area contributed by atoms with E-state index in [1.54, 1.807) is 24.5 Å². The van der Waals surface area contributed by atoms with Gasteiger partial charge < -0.3 is 13.6 Å². The number of benzene rings is 1. The van der Waals surface area contributed by atoms with Gasteiger partial charge in [-0.25, -0.2) is 4.98 Å². The van der Waals surface area contributed by atoms with Gasteiger partial charge in [-0.05, 0) is 19.9 Å². The van der Waals surface area contributed by atoms with Gasteiger partial charge in [0, 0.05) is 12.1 Å². The van der Waals surface area contributed by atoms with Crippen LogP contribution < -0.4 is 0 Å². The van der Waals surface area contributed by atoms with Crippen LogP contribution in [0.3, 0.4) is 0 Å². The molecule has 0 fully saturated rings. The maximum absolute atomic E-state index is 12.5. The van der Waals surface area contributed by atoms with E-state index in [9.17, 15) is 14.7 Å².